The SMILES string of the molecule is COc1[c]ccc(C(=O)O)c1C(=O)O. The number of carboxylic acids is 2. The van der Waals surface area contributed by atoms with Crippen molar-refractivity contribution >= 4 is 11.9 Å². The van der Waals surface area contributed by atoms with E-state index < -0.39 is 11.9 Å². The van der Waals surface area contributed by atoms with E-state index in [1.807, 2.05) is 0 Å². The van der Waals surface area contributed by atoms with E-state index in [4.69, 9.17) is 14.9 Å². The Labute approximate surface area is 79.6 Å². The summed E-state index contributed by atoms with van der Waals surface area (Å²) in [7, 11) is 1.25. The van der Waals surface area contributed by atoms with Gasteiger partial charge in [-0.3, -0.25) is 0 Å². The second-order valence-electron chi connectivity index (χ2n) is 2.41. The molecule has 5 nitrogen and oxygen atoms in total. The number of carboxylic acid groups (broad SMARTS) is 2. The van der Waals surface area contributed by atoms with Crippen molar-refractivity contribution < 1.29 is 24.5 Å². The van der Waals surface area contributed by atoms with Crippen molar-refractivity contribution in [3.05, 3.63) is 29.3 Å². The zero-order valence-electron chi connectivity index (χ0n) is 7.27. The van der Waals surface area contributed by atoms with Crippen LogP contribution in [-0.2, 0) is 0 Å². The first-order valence-corrected chi connectivity index (χ1v) is 3.63. The van der Waals surface area contributed by atoms with Crippen LogP contribution in [0.2, 0.25) is 0 Å². The van der Waals surface area contributed by atoms with Gasteiger partial charge in [0.15, 0.2) is 0 Å². The van der Waals surface area contributed by atoms with Gasteiger partial charge in [0.25, 0.3) is 0 Å². The quantitative estimate of drug-likeness (QED) is 0.748. The van der Waals surface area contributed by atoms with Gasteiger partial charge in [-0.2, -0.15) is 0 Å². The first-order chi connectivity index (χ1) is 6.57. The summed E-state index contributed by atoms with van der Waals surface area (Å²) in [5, 5.41) is 17.5. The zero-order valence-corrected chi connectivity index (χ0v) is 7.27. The summed E-state index contributed by atoms with van der Waals surface area (Å²) in [5.74, 6) is -2.75. The molecule has 1 radical (unpaired) electrons. The number of aromatic carboxylic acids is 2. The number of benzene rings is 1. The average molecular weight is 195 g/mol. The van der Waals surface area contributed by atoms with Gasteiger partial charge in [0.1, 0.15) is 11.3 Å². The van der Waals surface area contributed by atoms with Crippen LogP contribution in [0, 0.1) is 6.07 Å². The Kier molecular flexibility index (Phi) is 2.71. The van der Waals surface area contributed by atoms with Gasteiger partial charge in [0, 0.05) is 6.07 Å². The van der Waals surface area contributed by atoms with Crippen molar-refractivity contribution in [1.82, 2.24) is 0 Å². The molecule has 14 heavy (non-hydrogen) atoms. The van der Waals surface area contributed by atoms with Crippen molar-refractivity contribution in [2.45, 2.75) is 0 Å². The largest absolute Gasteiger partial charge is 0.495 e. The third-order valence-corrected chi connectivity index (χ3v) is 1.61. The maximum Gasteiger partial charge on any atom is 0.340 e. The molecule has 0 bridgehead atoms. The number of rotatable bonds is 3. The highest BCUT2D eigenvalue weighted by molar-refractivity contribution is 6.03. The lowest BCUT2D eigenvalue weighted by molar-refractivity contribution is 0.0648. The predicted octanol–water partition coefficient (Wildman–Crippen LogP) is 0.892. The van der Waals surface area contributed by atoms with Gasteiger partial charge in [-0.15, -0.1) is 0 Å². The summed E-state index contributed by atoms with van der Waals surface area (Å²) in [4.78, 5) is 21.4. The normalized spacial score (nSPS) is 9.50. The summed E-state index contributed by atoms with van der Waals surface area (Å²) < 4.78 is 4.70. The third-order valence-electron chi connectivity index (χ3n) is 1.61. The molecule has 0 unspecified atom stereocenters. The molecule has 1 rings (SSSR count). The minimum atomic E-state index is -1.35. The Bertz CT molecular complexity index is 383. The maximum absolute atomic E-state index is 10.7. The fourth-order valence-electron chi connectivity index (χ4n) is 1.03. The Balaban J connectivity index is 3.43. The third kappa shape index (κ3) is 1.66. The molecule has 0 heterocycles. The lowest BCUT2D eigenvalue weighted by Gasteiger charge is -2.06. The lowest BCUT2D eigenvalue weighted by atomic mass is 10.1. The smallest absolute Gasteiger partial charge is 0.340 e. The van der Waals surface area contributed by atoms with Crippen LogP contribution in [0.5, 0.6) is 5.75 Å². The molecule has 5 heteroatoms. The minimum absolute atomic E-state index is 0.0857. The van der Waals surface area contributed by atoms with Crippen LogP contribution in [0.15, 0.2) is 12.1 Å². The molecule has 0 aliphatic rings. The first-order valence-electron chi connectivity index (χ1n) is 3.63. The van der Waals surface area contributed by atoms with Crippen molar-refractivity contribution in [1.29, 1.82) is 0 Å². The molecule has 73 valence electrons. The van der Waals surface area contributed by atoms with E-state index >= 15 is 0 Å². The van der Waals surface area contributed by atoms with E-state index in [-0.39, 0.29) is 16.9 Å². The summed E-state index contributed by atoms with van der Waals surface area (Å²) in [5.41, 5.74) is -0.699. The predicted molar refractivity (Wildman–Crippen MR) is 45.7 cm³/mol. The molecule has 0 fully saturated rings. The van der Waals surface area contributed by atoms with Crippen LogP contribution in [0.4, 0.5) is 0 Å². The fourth-order valence-corrected chi connectivity index (χ4v) is 1.03. The van der Waals surface area contributed by atoms with Crippen LogP contribution < -0.4 is 4.74 Å². The highest BCUT2D eigenvalue weighted by Crippen LogP contribution is 2.21. The maximum atomic E-state index is 10.7. The molecule has 1 aromatic carbocycles. The van der Waals surface area contributed by atoms with Crippen molar-refractivity contribution in [2.24, 2.45) is 0 Å². The molecule has 0 aromatic heterocycles. The van der Waals surface area contributed by atoms with E-state index in [1.54, 1.807) is 0 Å². The second-order valence-corrected chi connectivity index (χ2v) is 2.41. The number of carbonyl (C=O) groups is 2. The standard InChI is InChI=1S/C9H7O5/c1-14-6-4-2-3-5(8(10)11)7(6)9(12)13/h2-3H,1H3,(H,10,11)(H,12,13). The van der Waals surface area contributed by atoms with Gasteiger partial charge < -0.3 is 14.9 Å². The number of methoxy groups -OCH3 is 1. The molecular formula is C9H7O5. The summed E-state index contributed by atoms with van der Waals surface area (Å²) in [6, 6.07) is 4.96. The molecule has 0 aliphatic carbocycles. The molecule has 0 aliphatic heterocycles. The van der Waals surface area contributed by atoms with Crippen molar-refractivity contribution in [2.75, 3.05) is 7.11 Å². The molecule has 0 saturated carbocycles. The second kappa shape index (κ2) is 3.78. The van der Waals surface area contributed by atoms with Crippen LogP contribution >= 0.6 is 0 Å². The number of hydrogen-bond acceptors (Lipinski definition) is 3. The molecule has 0 amide bonds. The number of hydrogen-bond donors (Lipinski definition) is 2. The van der Waals surface area contributed by atoms with E-state index in [2.05, 4.69) is 6.07 Å². The Morgan fingerprint density at radius 3 is 2.43 bits per heavy atom. The monoisotopic (exact) mass is 195 g/mol. The first kappa shape index (κ1) is 10.0. The van der Waals surface area contributed by atoms with Gasteiger partial charge in [0.05, 0.1) is 12.7 Å². The van der Waals surface area contributed by atoms with Crippen LogP contribution in [0.25, 0.3) is 0 Å². The van der Waals surface area contributed by atoms with Gasteiger partial charge >= 0.3 is 11.9 Å². The van der Waals surface area contributed by atoms with Gasteiger partial charge in [-0.1, -0.05) is 0 Å². The zero-order chi connectivity index (χ0) is 10.7. The van der Waals surface area contributed by atoms with Gasteiger partial charge in [0.2, 0.25) is 0 Å². The van der Waals surface area contributed by atoms with E-state index in [1.165, 1.54) is 13.2 Å². The molecule has 0 saturated heterocycles. The molecule has 1 aromatic rings. The van der Waals surface area contributed by atoms with Crippen molar-refractivity contribution in [3.63, 3.8) is 0 Å². The highest BCUT2D eigenvalue weighted by Gasteiger charge is 2.20. The fraction of sp³-hybridized carbons (Fsp3) is 0.111. The highest BCUT2D eigenvalue weighted by atomic mass is 16.5. The molecule has 0 spiro atoms. The molecule has 2 N–H and O–H groups in total. The summed E-state index contributed by atoms with van der Waals surface area (Å²) in [6.07, 6.45) is 0. The van der Waals surface area contributed by atoms with Crippen molar-refractivity contribution in [3.8, 4) is 5.75 Å². The van der Waals surface area contributed by atoms with E-state index in [0.29, 0.717) is 0 Å². The topological polar surface area (TPSA) is 83.8 Å². The molecule has 0 atom stereocenters. The van der Waals surface area contributed by atoms with E-state index in [0.717, 1.165) is 6.07 Å². The van der Waals surface area contributed by atoms with Crippen LogP contribution in [0.1, 0.15) is 20.7 Å². The molecular weight excluding hydrogens is 188 g/mol. The lowest BCUT2D eigenvalue weighted by Crippen LogP contribution is -2.09. The number of ether oxygens (including phenoxy) is 1. The Hall–Kier alpha value is -2.04. The van der Waals surface area contributed by atoms with Gasteiger partial charge in [-0.05, 0) is 12.1 Å². The Morgan fingerprint density at radius 1 is 1.36 bits per heavy atom. The summed E-state index contributed by atoms with van der Waals surface area (Å²) in [6.45, 7) is 0. The van der Waals surface area contributed by atoms with Crippen LogP contribution in [0.3, 0.4) is 0 Å². The average Bonchev–Trinajstić information content (AvgIpc) is 2.16. The van der Waals surface area contributed by atoms with Crippen LogP contribution in [-0.4, -0.2) is 29.3 Å². The van der Waals surface area contributed by atoms with E-state index in [9.17, 15) is 9.59 Å². The summed E-state index contributed by atoms with van der Waals surface area (Å²) >= 11 is 0. The Morgan fingerprint density at radius 2 is 2.00 bits per heavy atom. The minimum Gasteiger partial charge on any atom is -0.495 e. The van der Waals surface area contributed by atoms with Gasteiger partial charge in [-0.25, -0.2) is 9.59 Å².